The molecule has 0 unspecified atom stereocenters. The zero-order valence-electron chi connectivity index (χ0n) is 11.1. The Balaban J connectivity index is 2.68. The highest BCUT2D eigenvalue weighted by atomic mass is 32.2. The largest absolute Gasteiger partial charge is 0.481 e. The molecule has 0 aliphatic heterocycles. The monoisotopic (exact) mass is 294 g/mol. The van der Waals surface area contributed by atoms with Crippen LogP contribution in [0.15, 0.2) is 23.2 Å². The first-order chi connectivity index (χ1) is 9.45. The summed E-state index contributed by atoms with van der Waals surface area (Å²) < 4.78 is 1.70. The number of thioether (sulfide) groups is 1. The zero-order chi connectivity index (χ0) is 14.9. The summed E-state index contributed by atoms with van der Waals surface area (Å²) in [5, 5.41) is 20.7. The van der Waals surface area contributed by atoms with Crippen LogP contribution in [-0.2, 0) is 18.3 Å². The van der Waals surface area contributed by atoms with Gasteiger partial charge in [0.1, 0.15) is 5.52 Å². The quantitative estimate of drug-likeness (QED) is 0.520. The predicted octanol–water partition coefficient (Wildman–Crippen LogP) is 2.83. The fourth-order valence-corrected chi connectivity index (χ4v) is 2.98. The minimum atomic E-state index is -0.877. The second kappa shape index (κ2) is 5.54. The minimum Gasteiger partial charge on any atom is -0.481 e. The van der Waals surface area contributed by atoms with Gasteiger partial charge in [-0.3, -0.25) is 14.9 Å². The van der Waals surface area contributed by atoms with E-state index in [9.17, 15) is 14.9 Å². The lowest BCUT2D eigenvalue weighted by Gasteiger charge is -2.04. The van der Waals surface area contributed by atoms with Crippen LogP contribution in [0, 0.1) is 10.1 Å². The van der Waals surface area contributed by atoms with Gasteiger partial charge in [-0.1, -0.05) is 0 Å². The molecule has 7 heteroatoms. The topological polar surface area (TPSA) is 85.4 Å². The molecule has 0 aliphatic rings. The van der Waals surface area contributed by atoms with Crippen LogP contribution in [-0.4, -0.2) is 26.8 Å². The van der Waals surface area contributed by atoms with Gasteiger partial charge in [-0.15, -0.1) is 11.8 Å². The smallest absolute Gasteiger partial charge is 0.303 e. The predicted molar refractivity (Wildman–Crippen MR) is 77.3 cm³/mol. The second-order valence-corrected chi connectivity index (χ2v) is 5.27. The van der Waals surface area contributed by atoms with E-state index in [0.29, 0.717) is 11.9 Å². The number of carboxylic acids is 1. The summed E-state index contributed by atoms with van der Waals surface area (Å²) in [4.78, 5) is 22.4. The van der Waals surface area contributed by atoms with Crippen molar-refractivity contribution in [3.05, 3.63) is 34.0 Å². The van der Waals surface area contributed by atoms with Crippen LogP contribution in [0.25, 0.3) is 10.9 Å². The van der Waals surface area contributed by atoms with Gasteiger partial charge in [-0.05, 0) is 24.3 Å². The SMILES string of the molecule is CSc1ccc([N+](=O)[O-])c2c1c(CCC(=O)O)cn2C. The molecule has 106 valence electrons. The fraction of sp³-hybridized carbons (Fsp3) is 0.308. The van der Waals surface area contributed by atoms with E-state index in [1.165, 1.54) is 17.8 Å². The van der Waals surface area contributed by atoms with Crippen LogP contribution in [0.1, 0.15) is 12.0 Å². The Morgan fingerprint density at radius 1 is 1.50 bits per heavy atom. The number of benzene rings is 1. The maximum atomic E-state index is 11.1. The van der Waals surface area contributed by atoms with Gasteiger partial charge in [-0.2, -0.15) is 0 Å². The Morgan fingerprint density at radius 3 is 2.75 bits per heavy atom. The van der Waals surface area contributed by atoms with Crippen molar-refractivity contribution in [2.24, 2.45) is 7.05 Å². The van der Waals surface area contributed by atoms with Crippen molar-refractivity contribution in [2.45, 2.75) is 17.7 Å². The highest BCUT2D eigenvalue weighted by Crippen LogP contribution is 2.36. The van der Waals surface area contributed by atoms with Gasteiger partial charge in [0.15, 0.2) is 0 Å². The van der Waals surface area contributed by atoms with E-state index in [-0.39, 0.29) is 12.1 Å². The molecule has 0 bridgehead atoms. The molecular formula is C13H14N2O4S. The van der Waals surface area contributed by atoms with Crippen LogP contribution >= 0.6 is 11.8 Å². The third kappa shape index (κ3) is 2.49. The number of fused-ring (bicyclic) bond motifs is 1. The van der Waals surface area contributed by atoms with E-state index >= 15 is 0 Å². The molecule has 2 aromatic rings. The number of nitrogens with zero attached hydrogens (tertiary/aromatic N) is 2. The van der Waals surface area contributed by atoms with E-state index in [4.69, 9.17) is 5.11 Å². The Morgan fingerprint density at radius 2 is 2.20 bits per heavy atom. The van der Waals surface area contributed by atoms with Gasteiger partial charge in [0.05, 0.1) is 4.92 Å². The van der Waals surface area contributed by atoms with Gasteiger partial charge < -0.3 is 9.67 Å². The number of nitro groups is 1. The third-order valence-electron chi connectivity index (χ3n) is 3.17. The molecule has 0 amide bonds. The first kappa shape index (κ1) is 14.4. The highest BCUT2D eigenvalue weighted by molar-refractivity contribution is 7.98. The number of hydrogen-bond acceptors (Lipinski definition) is 4. The van der Waals surface area contributed by atoms with Gasteiger partial charge in [0.25, 0.3) is 5.69 Å². The zero-order valence-corrected chi connectivity index (χ0v) is 11.9. The maximum absolute atomic E-state index is 11.1. The molecule has 1 N–H and O–H groups in total. The van der Waals surface area contributed by atoms with E-state index in [1.807, 2.05) is 6.26 Å². The molecule has 6 nitrogen and oxygen atoms in total. The lowest BCUT2D eigenvalue weighted by atomic mass is 10.1. The number of aryl methyl sites for hydroxylation is 2. The van der Waals surface area contributed by atoms with Gasteiger partial charge in [-0.25, -0.2) is 0 Å². The Labute approximate surface area is 119 Å². The van der Waals surface area contributed by atoms with Crippen LogP contribution in [0.2, 0.25) is 0 Å². The minimum absolute atomic E-state index is 0.00955. The van der Waals surface area contributed by atoms with Crippen molar-refractivity contribution in [3.63, 3.8) is 0 Å². The molecular weight excluding hydrogens is 280 g/mol. The molecule has 1 aromatic carbocycles. The molecule has 0 aliphatic carbocycles. The normalized spacial score (nSPS) is 10.9. The average molecular weight is 294 g/mol. The summed E-state index contributed by atoms with van der Waals surface area (Å²) in [5.74, 6) is -0.877. The molecule has 0 saturated carbocycles. The first-order valence-corrected chi connectivity index (χ1v) is 7.19. The molecule has 1 aromatic heterocycles. The van der Waals surface area contributed by atoms with Gasteiger partial charge in [0, 0.05) is 36.0 Å². The van der Waals surface area contributed by atoms with Crippen LogP contribution in [0.5, 0.6) is 0 Å². The van der Waals surface area contributed by atoms with Crippen molar-refractivity contribution in [1.82, 2.24) is 4.57 Å². The molecule has 0 spiro atoms. The number of carbonyl (C=O) groups is 1. The van der Waals surface area contributed by atoms with E-state index in [2.05, 4.69) is 0 Å². The van der Waals surface area contributed by atoms with E-state index < -0.39 is 10.9 Å². The van der Waals surface area contributed by atoms with Gasteiger partial charge >= 0.3 is 5.97 Å². The molecule has 0 radical (unpaired) electrons. The summed E-state index contributed by atoms with van der Waals surface area (Å²) in [6.45, 7) is 0. The standard InChI is InChI=1S/C13H14N2O4S/c1-14-7-8(3-6-11(16)17)12-10(20-2)5-4-9(13(12)14)15(18)19/h4-5,7H,3,6H2,1-2H3,(H,16,17). The van der Waals surface area contributed by atoms with Crippen LogP contribution in [0.4, 0.5) is 5.69 Å². The molecule has 1 heterocycles. The summed E-state index contributed by atoms with van der Waals surface area (Å²) >= 11 is 1.50. The summed E-state index contributed by atoms with van der Waals surface area (Å²) in [5.41, 5.74) is 1.42. The second-order valence-electron chi connectivity index (χ2n) is 4.43. The number of non-ortho nitro benzene ring substituents is 1. The summed E-state index contributed by atoms with van der Waals surface area (Å²) in [6, 6.07) is 3.21. The van der Waals surface area contributed by atoms with E-state index in [0.717, 1.165) is 15.8 Å². The van der Waals surface area contributed by atoms with Crippen LogP contribution < -0.4 is 0 Å². The molecule has 2 rings (SSSR count). The Kier molecular flexibility index (Phi) is 3.99. The number of hydrogen-bond donors (Lipinski definition) is 1. The Hall–Kier alpha value is -2.02. The average Bonchev–Trinajstić information content (AvgIpc) is 2.73. The van der Waals surface area contributed by atoms with Crippen molar-refractivity contribution >= 4 is 34.3 Å². The van der Waals surface area contributed by atoms with Crippen molar-refractivity contribution in [1.29, 1.82) is 0 Å². The molecule has 20 heavy (non-hydrogen) atoms. The fourth-order valence-electron chi connectivity index (χ4n) is 2.34. The lowest BCUT2D eigenvalue weighted by molar-refractivity contribution is -0.383. The first-order valence-electron chi connectivity index (χ1n) is 5.96. The number of aliphatic carboxylic acids is 1. The number of nitro benzene ring substituents is 1. The Bertz CT molecular complexity index is 693. The van der Waals surface area contributed by atoms with Crippen molar-refractivity contribution in [3.8, 4) is 0 Å². The van der Waals surface area contributed by atoms with Crippen LogP contribution in [0.3, 0.4) is 0 Å². The number of rotatable bonds is 5. The van der Waals surface area contributed by atoms with Crippen molar-refractivity contribution in [2.75, 3.05) is 6.26 Å². The summed E-state index contributed by atoms with van der Waals surface area (Å²) in [6.07, 6.45) is 4.05. The molecule has 0 fully saturated rings. The van der Waals surface area contributed by atoms with Gasteiger partial charge in [0.2, 0.25) is 0 Å². The molecule has 0 atom stereocenters. The third-order valence-corrected chi connectivity index (χ3v) is 3.95. The maximum Gasteiger partial charge on any atom is 0.303 e. The number of aromatic nitrogens is 1. The number of carboxylic acid groups (broad SMARTS) is 1. The highest BCUT2D eigenvalue weighted by Gasteiger charge is 2.20. The van der Waals surface area contributed by atoms with E-state index in [1.54, 1.807) is 23.9 Å². The molecule has 0 saturated heterocycles. The summed E-state index contributed by atoms with van der Waals surface area (Å²) in [7, 11) is 1.74. The van der Waals surface area contributed by atoms with Crippen molar-refractivity contribution < 1.29 is 14.8 Å². The lowest BCUT2D eigenvalue weighted by Crippen LogP contribution is -1.97.